The summed E-state index contributed by atoms with van der Waals surface area (Å²) >= 11 is 0. The van der Waals surface area contributed by atoms with E-state index in [1.54, 1.807) is 24.3 Å². The van der Waals surface area contributed by atoms with E-state index in [0.717, 1.165) is 17.2 Å². The summed E-state index contributed by atoms with van der Waals surface area (Å²) in [6, 6.07) is 26.0. The lowest BCUT2D eigenvalue weighted by molar-refractivity contribution is -0.131. The smallest absolute Gasteiger partial charge is 0.328 e. The molecule has 0 saturated heterocycles. The van der Waals surface area contributed by atoms with Crippen molar-refractivity contribution in [3.8, 4) is 28.7 Å². The summed E-state index contributed by atoms with van der Waals surface area (Å²) in [5, 5.41) is 9.74. The molecule has 0 amide bonds. The number of aliphatic carboxylic acids is 1. The van der Waals surface area contributed by atoms with Gasteiger partial charge in [0.25, 0.3) is 0 Å². The Balaban J connectivity index is 1.61. The van der Waals surface area contributed by atoms with Crippen molar-refractivity contribution < 1.29 is 33.6 Å². The number of carbonyl (C=O) groups excluding carboxylic acids is 1. The molecule has 222 valence electrons. The maximum atomic E-state index is 14.0. The van der Waals surface area contributed by atoms with E-state index in [0.29, 0.717) is 63.8 Å². The Morgan fingerprint density at radius 1 is 0.841 bits per heavy atom. The van der Waals surface area contributed by atoms with Gasteiger partial charge in [-0.1, -0.05) is 61.5 Å². The van der Waals surface area contributed by atoms with Crippen LogP contribution in [0.2, 0.25) is 0 Å². The normalized spacial score (nSPS) is 11.0. The number of hydrogen-bond donors (Lipinski definition) is 1. The van der Waals surface area contributed by atoms with Gasteiger partial charge in [-0.2, -0.15) is 0 Å². The van der Waals surface area contributed by atoms with Gasteiger partial charge < -0.3 is 24.1 Å². The van der Waals surface area contributed by atoms with Crippen molar-refractivity contribution in [2.45, 2.75) is 20.0 Å². The summed E-state index contributed by atoms with van der Waals surface area (Å²) in [5.74, 6) is 0.566. The number of carboxylic acid groups (broad SMARTS) is 1. The van der Waals surface area contributed by atoms with E-state index in [4.69, 9.17) is 24.1 Å². The zero-order valence-corrected chi connectivity index (χ0v) is 24.6. The minimum atomic E-state index is -1.11. The number of methoxy groups -OCH3 is 2. The first kappa shape index (κ1) is 29.8. The fourth-order valence-corrected chi connectivity index (χ4v) is 4.86. The number of pyridine rings is 1. The lowest BCUT2D eigenvalue weighted by Crippen LogP contribution is -2.08. The Labute approximate surface area is 255 Å². The van der Waals surface area contributed by atoms with Crippen LogP contribution in [0.1, 0.15) is 39.5 Å². The number of benzene rings is 4. The predicted octanol–water partition coefficient (Wildman–Crippen LogP) is 7.51. The van der Waals surface area contributed by atoms with Crippen LogP contribution < -0.4 is 18.9 Å². The highest BCUT2D eigenvalue weighted by atomic mass is 16.5. The zero-order chi connectivity index (χ0) is 31.1. The third kappa shape index (κ3) is 6.55. The molecule has 0 spiro atoms. The third-order valence-electron chi connectivity index (χ3n) is 7.06. The highest BCUT2D eigenvalue weighted by Gasteiger charge is 2.22. The summed E-state index contributed by atoms with van der Waals surface area (Å²) in [6.07, 6.45) is 4.59. The van der Waals surface area contributed by atoms with Crippen LogP contribution in [0.25, 0.3) is 17.0 Å². The van der Waals surface area contributed by atoms with Gasteiger partial charge in [0, 0.05) is 41.4 Å². The van der Waals surface area contributed by atoms with Crippen molar-refractivity contribution in [3.63, 3.8) is 0 Å². The number of rotatable bonds is 12. The Morgan fingerprint density at radius 2 is 1.55 bits per heavy atom. The van der Waals surface area contributed by atoms with E-state index < -0.39 is 5.97 Å². The number of hydrogen-bond acceptors (Lipinski definition) is 7. The van der Waals surface area contributed by atoms with E-state index >= 15 is 0 Å². The third-order valence-corrected chi connectivity index (χ3v) is 7.06. The number of ether oxygens (including phenoxy) is 4. The monoisotopic (exact) mass is 589 g/mol. The van der Waals surface area contributed by atoms with Gasteiger partial charge in [0.15, 0.2) is 5.78 Å². The number of nitrogens with zero attached hydrogens (tertiary/aromatic N) is 1. The number of aryl methyl sites for hydroxylation is 1. The summed E-state index contributed by atoms with van der Waals surface area (Å²) in [4.78, 5) is 29.8. The molecule has 5 rings (SSSR count). The van der Waals surface area contributed by atoms with Crippen LogP contribution in [0.4, 0.5) is 0 Å². The summed E-state index contributed by atoms with van der Waals surface area (Å²) in [7, 11) is 2.93. The van der Waals surface area contributed by atoms with Crippen molar-refractivity contribution in [2.24, 2.45) is 0 Å². The average molecular weight is 590 g/mol. The quantitative estimate of drug-likeness (QED) is 0.118. The van der Waals surface area contributed by atoms with Crippen molar-refractivity contribution >= 4 is 28.7 Å². The van der Waals surface area contributed by atoms with E-state index in [9.17, 15) is 9.59 Å². The molecule has 4 aromatic carbocycles. The van der Waals surface area contributed by atoms with Gasteiger partial charge in [-0.3, -0.25) is 9.78 Å². The summed E-state index contributed by atoms with van der Waals surface area (Å²) < 4.78 is 23.6. The maximum Gasteiger partial charge on any atom is 0.328 e. The first-order valence-corrected chi connectivity index (χ1v) is 14.0. The predicted molar refractivity (Wildman–Crippen MR) is 168 cm³/mol. The topological polar surface area (TPSA) is 104 Å². The standard InChI is InChI=1S/C36H31NO7/c1-4-24-12-8-9-13-27(24)35(40)30-21-37-31-18-25(43-22-23-10-6-5-7-11-23)14-15-28(31)36(30)44-26-19-32(41-2)29(16-17-34(38)39)33(20-26)42-3/h5-21H,4,22H2,1-3H3,(H,38,39)/b17-16+. The fourth-order valence-electron chi connectivity index (χ4n) is 4.86. The van der Waals surface area contributed by atoms with E-state index in [1.165, 1.54) is 26.5 Å². The number of fused-ring (bicyclic) bond motifs is 1. The number of aromatic nitrogens is 1. The van der Waals surface area contributed by atoms with E-state index in [1.807, 2.05) is 67.6 Å². The molecule has 0 unspecified atom stereocenters. The Kier molecular flexibility index (Phi) is 9.20. The average Bonchev–Trinajstić information content (AvgIpc) is 3.06. The van der Waals surface area contributed by atoms with Crippen molar-refractivity contribution in [1.82, 2.24) is 4.98 Å². The molecule has 0 saturated carbocycles. The van der Waals surface area contributed by atoms with Crippen LogP contribution in [0.15, 0.2) is 97.2 Å². The number of ketones is 1. The number of carboxylic acids is 1. The largest absolute Gasteiger partial charge is 0.496 e. The molecule has 5 aromatic rings. The van der Waals surface area contributed by atoms with Gasteiger partial charge >= 0.3 is 5.97 Å². The molecular formula is C36H31NO7. The van der Waals surface area contributed by atoms with Crippen molar-refractivity contribution in [1.29, 1.82) is 0 Å². The van der Waals surface area contributed by atoms with Crippen molar-refractivity contribution in [3.05, 3.63) is 125 Å². The van der Waals surface area contributed by atoms with Crippen LogP contribution in [0.5, 0.6) is 28.7 Å². The molecule has 0 bridgehead atoms. The minimum absolute atomic E-state index is 0.226. The Morgan fingerprint density at radius 3 is 2.23 bits per heavy atom. The van der Waals surface area contributed by atoms with E-state index in [-0.39, 0.29) is 11.3 Å². The molecule has 1 N–H and O–H groups in total. The first-order chi connectivity index (χ1) is 21.4. The second kappa shape index (κ2) is 13.6. The van der Waals surface area contributed by atoms with Gasteiger partial charge in [-0.15, -0.1) is 0 Å². The minimum Gasteiger partial charge on any atom is -0.496 e. The Bertz CT molecular complexity index is 1820. The second-order valence-corrected chi connectivity index (χ2v) is 9.81. The van der Waals surface area contributed by atoms with Gasteiger partial charge in [0.2, 0.25) is 0 Å². The fraction of sp³-hybridized carbons (Fsp3) is 0.139. The molecule has 0 aliphatic rings. The molecule has 0 atom stereocenters. The van der Waals surface area contributed by atoms with Gasteiger partial charge in [-0.05, 0) is 35.8 Å². The van der Waals surface area contributed by atoms with Crippen molar-refractivity contribution in [2.75, 3.05) is 14.2 Å². The summed E-state index contributed by atoms with van der Waals surface area (Å²) in [6.45, 7) is 2.39. The highest BCUT2D eigenvalue weighted by molar-refractivity contribution is 6.14. The van der Waals surface area contributed by atoms with Gasteiger partial charge in [-0.25, -0.2) is 4.79 Å². The molecule has 1 heterocycles. The molecule has 8 heteroatoms. The van der Waals surface area contributed by atoms with Crippen LogP contribution in [-0.4, -0.2) is 36.1 Å². The summed E-state index contributed by atoms with van der Waals surface area (Å²) in [5.41, 5.74) is 3.79. The maximum absolute atomic E-state index is 14.0. The van der Waals surface area contributed by atoms with Gasteiger partial charge in [0.05, 0.1) is 30.9 Å². The molecule has 8 nitrogen and oxygen atoms in total. The molecule has 0 fully saturated rings. The molecule has 0 aliphatic carbocycles. The highest BCUT2D eigenvalue weighted by Crippen LogP contribution is 2.40. The molecule has 44 heavy (non-hydrogen) atoms. The van der Waals surface area contributed by atoms with E-state index in [2.05, 4.69) is 4.98 Å². The molecular weight excluding hydrogens is 558 g/mol. The SMILES string of the molecule is CCc1ccccc1C(=O)c1cnc2cc(OCc3ccccc3)ccc2c1Oc1cc(OC)c(/C=C/C(=O)O)c(OC)c1. The zero-order valence-electron chi connectivity index (χ0n) is 24.6. The first-order valence-electron chi connectivity index (χ1n) is 14.0. The van der Waals surface area contributed by atoms with Crippen LogP contribution in [0, 0.1) is 0 Å². The molecule has 0 radical (unpaired) electrons. The van der Waals surface area contributed by atoms with Crippen LogP contribution in [-0.2, 0) is 17.8 Å². The molecule has 1 aromatic heterocycles. The lowest BCUT2D eigenvalue weighted by Gasteiger charge is -2.17. The van der Waals surface area contributed by atoms with Crippen LogP contribution >= 0.6 is 0 Å². The number of carbonyl (C=O) groups is 2. The van der Waals surface area contributed by atoms with Gasteiger partial charge in [0.1, 0.15) is 35.4 Å². The van der Waals surface area contributed by atoms with Crippen LogP contribution in [0.3, 0.4) is 0 Å². The Hall–Kier alpha value is -5.63. The molecule has 0 aliphatic heterocycles. The lowest BCUT2D eigenvalue weighted by atomic mass is 9.96. The second-order valence-electron chi connectivity index (χ2n) is 9.81.